The largest absolute Gasteiger partial charge is 0.351 e. The van der Waals surface area contributed by atoms with Gasteiger partial charge in [-0.2, -0.15) is 0 Å². The summed E-state index contributed by atoms with van der Waals surface area (Å²) in [4.78, 5) is 26.6. The number of rotatable bonds is 5. The van der Waals surface area contributed by atoms with Crippen LogP contribution in [0.2, 0.25) is 0 Å². The highest BCUT2D eigenvalue weighted by atomic mass is 16.2. The number of carbonyl (C=O) groups is 2. The first-order valence-corrected chi connectivity index (χ1v) is 8.72. The van der Waals surface area contributed by atoms with Gasteiger partial charge >= 0.3 is 0 Å². The van der Waals surface area contributed by atoms with Gasteiger partial charge in [0.1, 0.15) is 0 Å². The molecule has 1 aliphatic rings. The van der Waals surface area contributed by atoms with Gasteiger partial charge in [-0.15, -0.1) is 0 Å². The highest BCUT2D eigenvalue weighted by Crippen LogP contribution is 2.24. The molecule has 4 nitrogen and oxygen atoms in total. The molecule has 22 heavy (non-hydrogen) atoms. The van der Waals surface area contributed by atoms with E-state index in [1.807, 2.05) is 25.7 Å². The molecule has 0 radical (unpaired) electrons. The Hall–Kier alpha value is -1.06. The van der Waals surface area contributed by atoms with E-state index in [-0.39, 0.29) is 23.3 Å². The zero-order chi connectivity index (χ0) is 16.9. The van der Waals surface area contributed by atoms with E-state index in [1.54, 1.807) is 0 Å². The van der Waals surface area contributed by atoms with Crippen molar-refractivity contribution in [1.82, 2.24) is 10.2 Å². The molecule has 1 saturated heterocycles. The van der Waals surface area contributed by atoms with Gasteiger partial charge in [0, 0.05) is 31.0 Å². The second-order valence-electron chi connectivity index (χ2n) is 8.21. The normalized spacial score (nSPS) is 22.8. The van der Waals surface area contributed by atoms with Gasteiger partial charge in [0.05, 0.1) is 0 Å². The summed E-state index contributed by atoms with van der Waals surface area (Å²) in [7, 11) is 0. The van der Waals surface area contributed by atoms with Crippen LogP contribution >= 0.6 is 0 Å². The first kappa shape index (κ1) is 19.0. The van der Waals surface area contributed by atoms with Crippen LogP contribution in [0.1, 0.15) is 67.2 Å². The van der Waals surface area contributed by atoms with E-state index >= 15 is 0 Å². The zero-order valence-corrected chi connectivity index (χ0v) is 15.2. The summed E-state index contributed by atoms with van der Waals surface area (Å²) in [6, 6.07) is 0.0909. The lowest BCUT2D eigenvalue weighted by atomic mass is 9.88. The molecule has 1 rings (SSSR count). The average molecular weight is 310 g/mol. The maximum absolute atomic E-state index is 12.4. The predicted octanol–water partition coefficient (Wildman–Crippen LogP) is 3.21. The number of piperidine rings is 1. The van der Waals surface area contributed by atoms with Crippen molar-refractivity contribution in [3.8, 4) is 0 Å². The Morgan fingerprint density at radius 2 is 1.86 bits per heavy atom. The van der Waals surface area contributed by atoms with Crippen LogP contribution in [-0.2, 0) is 9.59 Å². The third kappa shape index (κ3) is 5.98. The Balaban J connectivity index is 2.72. The van der Waals surface area contributed by atoms with Crippen LogP contribution in [0.5, 0.6) is 0 Å². The quantitative estimate of drug-likeness (QED) is 0.847. The van der Waals surface area contributed by atoms with E-state index in [9.17, 15) is 9.59 Å². The lowest BCUT2D eigenvalue weighted by Crippen LogP contribution is -2.54. The molecule has 0 aliphatic carbocycles. The molecular weight excluding hydrogens is 276 g/mol. The first-order valence-electron chi connectivity index (χ1n) is 8.72. The Bertz CT molecular complexity index is 385. The van der Waals surface area contributed by atoms with Crippen molar-refractivity contribution in [2.45, 2.75) is 73.3 Å². The molecule has 2 atom stereocenters. The van der Waals surface area contributed by atoms with Crippen molar-refractivity contribution in [1.29, 1.82) is 0 Å². The minimum Gasteiger partial charge on any atom is -0.351 e. The summed E-state index contributed by atoms with van der Waals surface area (Å²) in [5.74, 6) is 1.18. The van der Waals surface area contributed by atoms with E-state index in [1.165, 1.54) is 0 Å². The molecule has 2 unspecified atom stereocenters. The van der Waals surface area contributed by atoms with E-state index in [4.69, 9.17) is 0 Å². The van der Waals surface area contributed by atoms with Crippen LogP contribution in [0.25, 0.3) is 0 Å². The van der Waals surface area contributed by atoms with Crippen molar-refractivity contribution < 1.29 is 9.59 Å². The van der Waals surface area contributed by atoms with Gasteiger partial charge in [-0.25, -0.2) is 0 Å². The average Bonchev–Trinajstić information content (AvgIpc) is 2.36. The predicted molar refractivity (Wildman–Crippen MR) is 90.4 cm³/mol. The molecule has 4 heteroatoms. The van der Waals surface area contributed by atoms with E-state index in [0.717, 1.165) is 25.8 Å². The molecule has 128 valence electrons. The molecule has 0 saturated carbocycles. The number of nitrogens with zero attached hydrogens (tertiary/aromatic N) is 1. The van der Waals surface area contributed by atoms with Crippen molar-refractivity contribution in [2.24, 2.45) is 17.3 Å². The molecule has 1 fully saturated rings. The van der Waals surface area contributed by atoms with Gasteiger partial charge in [-0.05, 0) is 24.7 Å². The molecule has 1 heterocycles. The Labute approximate surface area is 136 Å². The fourth-order valence-corrected chi connectivity index (χ4v) is 3.01. The molecule has 1 N–H and O–H groups in total. The summed E-state index contributed by atoms with van der Waals surface area (Å²) in [5, 5.41) is 3.15. The minimum atomic E-state index is -0.384. The van der Waals surface area contributed by atoms with Crippen LogP contribution in [-0.4, -0.2) is 35.8 Å². The third-order valence-corrected chi connectivity index (χ3v) is 4.19. The van der Waals surface area contributed by atoms with Crippen LogP contribution in [0.15, 0.2) is 0 Å². The molecule has 0 aromatic heterocycles. The molecule has 2 amide bonds. The standard InChI is InChI=1S/C18H34N2O2/c1-7-8-14-10-15(19-17(22)18(4,5)6)12-20(11-14)16(21)9-13(2)3/h13-15H,7-12H2,1-6H3,(H,19,22). The molecule has 0 spiro atoms. The fourth-order valence-electron chi connectivity index (χ4n) is 3.01. The van der Waals surface area contributed by atoms with Gasteiger partial charge in [0.2, 0.25) is 11.8 Å². The lowest BCUT2D eigenvalue weighted by Gasteiger charge is -2.39. The highest BCUT2D eigenvalue weighted by molar-refractivity contribution is 5.82. The van der Waals surface area contributed by atoms with E-state index in [0.29, 0.717) is 24.8 Å². The van der Waals surface area contributed by atoms with Crippen molar-refractivity contribution in [3.05, 3.63) is 0 Å². The van der Waals surface area contributed by atoms with E-state index < -0.39 is 0 Å². The van der Waals surface area contributed by atoms with Gasteiger partial charge < -0.3 is 10.2 Å². The molecule has 0 bridgehead atoms. The summed E-state index contributed by atoms with van der Waals surface area (Å²) >= 11 is 0. The molecule has 0 aromatic rings. The molecule has 1 aliphatic heterocycles. The van der Waals surface area contributed by atoms with E-state index in [2.05, 4.69) is 26.1 Å². The SMILES string of the molecule is CCCC1CC(NC(=O)C(C)(C)C)CN(C(=O)CC(C)C)C1. The van der Waals surface area contributed by atoms with Crippen LogP contribution in [0.3, 0.4) is 0 Å². The number of carbonyl (C=O) groups excluding carboxylic acids is 2. The van der Waals surface area contributed by atoms with Gasteiger partial charge in [0.25, 0.3) is 0 Å². The Morgan fingerprint density at radius 3 is 2.36 bits per heavy atom. The zero-order valence-electron chi connectivity index (χ0n) is 15.2. The van der Waals surface area contributed by atoms with Gasteiger partial charge in [-0.1, -0.05) is 48.0 Å². The molecular formula is C18H34N2O2. The number of hydrogen-bond donors (Lipinski definition) is 1. The number of amides is 2. The lowest BCUT2D eigenvalue weighted by molar-refractivity contribution is -0.136. The smallest absolute Gasteiger partial charge is 0.225 e. The van der Waals surface area contributed by atoms with Crippen molar-refractivity contribution in [3.63, 3.8) is 0 Å². The number of hydrogen-bond acceptors (Lipinski definition) is 2. The Morgan fingerprint density at radius 1 is 1.23 bits per heavy atom. The maximum atomic E-state index is 12.4. The summed E-state index contributed by atoms with van der Waals surface area (Å²) < 4.78 is 0. The monoisotopic (exact) mass is 310 g/mol. The van der Waals surface area contributed by atoms with Crippen molar-refractivity contribution >= 4 is 11.8 Å². The minimum absolute atomic E-state index is 0.0749. The summed E-state index contributed by atoms with van der Waals surface area (Å²) in [6.45, 7) is 13.6. The fraction of sp³-hybridized carbons (Fsp3) is 0.889. The van der Waals surface area contributed by atoms with Gasteiger partial charge in [0.15, 0.2) is 0 Å². The Kier molecular flexibility index (Phi) is 6.89. The van der Waals surface area contributed by atoms with Crippen molar-refractivity contribution in [2.75, 3.05) is 13.1 Å². The summed E-state index contributed by atoms with van der Waals surface area (Å²) in [6.07, 6.45) is 3.82. The van der Waals surface area contributed by atoms with Crippen LogP contribution in [0.4, 0.5) is 0 Å². The third-order valence-electron chi connectivity index (χ3n) is 4.19. The number of likely N-dealkylation sites (tertiary alicyclic amines) is 1. The topological polar surface area (TPSA) is 49.4 Å². The number of nitrogens with one attached hydrogen (secondary N) is 1. The maximum Gasteiger partial charge on any atom is 0.225 e. The molecule has 0 aromatic carbocycles. The second-order valence-corrected chi connectivity index (χ2v) is 8.21. The highest BCUT2D eigenvalue weighted by Gasteiger charge is 2.32. The van der Waals surface area contributed by atoms with Crippen LogP contribution < -0.4 is 5.32 Å². The second kappa shape index (κ2) is 7.98. The summed E-state index contributed by atoms with van der Waals surface area (Å²) in [5.41, 5.74) is -0.384. The first-order chi connectivity index (χ1) is 10.1. The van der Waals surface area contributed by atoms with Gasteiger partial charge in [-0.3, -0.25) is 9.59 Å². The van der Waals surface area contributed by atoms with Crippen LogP contribution in [0, 0.1) is 17.3 Å².